The highest BCUT2D eigenvalue weighted by molar-refractivity contribution is 9.10. The Balaban J connectivity index is 1.59. The molecule has 3 rings (SSSR count). The van der Waals surface area contributed by atoms with Gasteiger partial charge in [-0.15, -0.1) is 0 Å². The average Bonchev–Trinajstić information content (AvgIpc) is 2.56. The smallest absolute Gasteiger partial charge is 0.242 e. The van der Waals surface area contributed by atoms with E-state index in [4.69, 9.17) is 0 Å². The lowest BCUT2D eigenvalue weighted by Gasteiger charge is -2.42. The van der Waals surface area contributed by atoms with Gasteiger partial charge in [-0.2, -0.15) is 0 Å². The van der Waals surface area contributed by atoms with Gasteiger partial charge >= 0.3 is 0 Å². The molecule has 2 aliphatic rings. The van der Waals surface area contributed by atoms with Crippen molar-refractivity contribution in [2.24, 2.45) is 0 Å². The average molecular weight is 367 g/mol. The van der Waals surface area contributed by atoms with Gasteiger partial charge in [-0.25, -0.2) is 4.98 Å². The fraction of sp³-hybridized carbons (Fsp3) is 0.625. The van der Waals surface area contributed by atoms with E-state index in [1.165, 1.54) is 6.42 Å². The molecule has 1 N–H and O–H groups in total. The Hall–Kier alpha value is -1.14. The van der Waals surface area contributed by atoms with Crippen molar-refractivity contribution in [3.8, 4) is 0 Å². The molecule has 0 aliphatic carbocycles. The number of hydrogen-bond acceptors (Lipinski definition) is 4. The maximum Gasteiger partial charge on any atom is 0.242 e. The van der Waals surface area contributed by atoms with Crippen molar-refractivity contribution < 1.29 is 4.79 Å². The zero-order chi connectivity index (χ0) is 15.6. The molecule has 1 unspecified atom stereocenters. The second kappa shape index (κ2) is 6.54. The minimum Gasteiger partial charge on any atom is -0.353 e. The maximum absolute atomic E-state index is 12.8. The van der Waals surface area contributed by atoms with E-state index in [0.29, 0.717) is 0 Å². The third-order valence-electron chi connectivity index (χ3n) is 4.69. The van der Waals surface area contributed by atoms with Gasteiger partial charge in [-0.05, 0) is 60.8 Å². The van der Waals surface area contributed by atoms with E-state index in [1.54, 1.807) is 0 Å². The molecule has 1 aromatic heterocycles. The number of amides is 1. The van der Waals surface area contributed by atoms with Crippen molar-refractivity contribution in [1.29, 1.82) is 0 Å². The molecule has 3 heterocycles. The summed E-state index contributed by atoms with van der Waals surface area (Å²) in [4.78, 5) is 21.5. The lowest BCUT2D eigenvalue weighted by molar-refractivity contribution is -0.139. The normalized spacial score (nSPS) is 26.1. The summed E-state index contributed by atoms with van der Waals surface area (Å²) in [7, 11) is 0. The number of carbonyl (C=O) groups excluding carboxylic acids is 1. The molecule has 0 spiro atoms. The van der Waals surface area contributed by atoms with E-state index in [0.717, 1.165) is 55.9 Å². The zero-order valence-corrected chi connectivity index (χ0v) is 14.6. The van der Waals surface area contributed by atoms with Crippen LogP contribution in [0.4, 0.5) is 5.82 Å². The number of nitrogens with zero attached hydrogens (tertiary/aromatic N) is 3. The monoisotopic (exact) mass is 366 g/mol. The zero-order valence-electron chi connectivity index (χ0n) is 13.0. The third kappa shape index (κ3) is 3.27. The predicted molar refractivity (Wildman–Crippen MR) is 91.0 cm³/mol. The molecule has 2 fully saturated rings. The Labute approximate surface area is 140 Å². The summed E-state index contributed by atoms with van der Waals surface area (Å²) in [6.07, 6.45) is 5.07. The van der Waals surface area contributed by atoms with Gasteiger partial charge in [0.05, 0.1) is 5.54 Å². The molecule has 2 saturated heterocycles. The Morgan fingerprint density at radius 3 is 2.64 bits per heavy atom. The van der Waals surface area contributed by atoms with Gasteiger partial charge < -0.3 is 15.1 Å². The number of piperazine rings is 1. The Bertz CT molecular complexity index is 519. The highest BCUT2D eigenvalue weighted by atomic mass is 79.9. The van der Waals surface area contributed by atoms with Crippen LogP contribution in [0.15, 0.2) is 22.8 Å². The Morgan fingerprint density at radius 1 is 1.27 bits per heavy atom. The number of aromatic nitrogens is 1. The van der Waals surface area contributed by atoms with Crippen LogP contribution in [0.5, 0.6) is 0 Å². The van der Waals surface area contributed by atoms with E-state index >= 15 is 0 Å². The summed E-state index contributed by atoms with van der Waals surface area (Å²) in [5, 5.41) is 3.42. The van der Waals surface area contributed by atoms with E-state index in [-0.39, 0.29) is 11.4 Å². The van der Waals surface area contributed by atoms with E-state index in [2.05, 4.69) is 38.1 Å². The van der Waals surface area contributed by atoms with Gasteiger partial charge in [0.25, 0.3) is 0 Å². The third-order valence-corrected chi connectivity index (χ3v) is 5.16. The molecule has 6 heteroatoms. The van der Waals surface area contributed by atoms with Crippen LogP contribution < -0.4 is 10.2 Å². The summed E-state index contributed by atoms with van der Waals surface area (Å²) in [5.41, 5.74) is -0.365. The Kier molecular flexibility index (Phi) is 4.68. The van der Waals surface area contributed by atoms with Crippen molar-refractivity contribution in [2.45, 2.75) is 31.7 Å². The van der Waals surface area contributed by atoms with Crippen molar-refractivity contribution >= 4 is 27.7 Å². The quantitative estimate of drug-likeness (QED) is 0.869. The van der Waals surface area contributed by atoms with Crippen LogP contribution in [0.2, 0.25) is 0 Å². The second-order valence-electron chi connectivity index (χ2n) is 6.33. The van der Waals surface area contributed by atoms with Crippen LogP contribution in [-0.4, -0.2) is 54.1 Å². The molecular formula is C16H23BrN4O. The van der Waals surface area contributed by atoms with Gasteiger partial charge in [-0.1, -0.05) is 0 Å². The van der Waals surface area contributed by atoms with Crippen LogP contribution in [0.3, 0.4) is 0 Å². The summed E-state index contributed by atoms with van der Waals surface area (Å²) in [5.74, 6) is 1.24. The fourth-order valence-electron chi connectivity index (χ4n) is 3.28. The van der Waals surface area contributed by atoms with Crippen LogP contribution in [0, 0.1) is 0 Å². The number of hydrogen-bond donors (Lipinski definition) is 1. The summed E-state index contributed by atoms with van der Waals surface area (Å²) < 4.78 is 0.987. The van der Waals surface area contributed by atoms with Crippen molar-refractivity contribution in [2.75, 3.05) is 37.6 Å². The van der Waals surface area contributed by atoms with Crippen molar-refractivity contribution in [1.82, 2.24) is 15.2 Å². The molecule has 5 nitrogen and oxygen atoms in total. The molecule has 22 heavy (non-hydrogen) atoms. The van der Waals surface area contributed by atoms with E-state index in [1.807, 2.05) is 23.2 Å². The van der Waals surface area contributed by atoms with Gasteiger partial charge in [0, 0.05) is 36.8 Å². The van der Waals surface area contributed by atoms with E-state index in [9.17, 15) is 4.79 Å². The second-order valence-corrected chi connectivity index (χ2v) is 7.25. The van der Waals surface area contributed by atoms with Crippen LogP contribution in [0.1, 0.15) is 26.2 Å². The van der Waals surface area contributed by atoms with Gasteiger partial charge in [0.1, 0.15) is 5.82 Å². The highest BCUT2D eigenvalue weighted by Crippen LogP contribution is 2.23. The largest absolute Gasteiger partial charge is 0.353 e. The molecule has 120 valence electrons. The van der Waals surface area contributed by atoms with Crippen LogP contribution in [-0.2, 0) is 4.79 Å². The van der Waals surface area contributed by atoms with Crippen LogP contribution in [0.25, 0.3) is 0 Å². The van der Waals surface area contributed by atoms with E-state index < -0.39 is 0 Å². The SMILES string of the molecule is CC1(C(=O)N2CCN(c3ccc(Br)cn3)CC2)CCCCN1. The number of halogens is 1. The minimum absolute atomic E-state index is 0.260. The molecule has 1 amide bonds. The van der Waals surface area contributed by atoms with Gasteiger partial charge in [0.2, 0.25) is 5.91 Å². The molecule has 2 aliphatic heterocycles. The standard InChI is InChI=1S/C16H23BrN4O/c1-16(6-2-3-7-19-16)15(22)21-10-8-20(9-11-21)14-5-4-13(17)12-18-14/h4-5,12,19H,2-3,6-11H2,1H3. The lowest BCUT2D eigenvalue weighted by Crippen LogP contribution is -2.61. The molecule has 0 aromatic carbocycles. The number of nitrogens with one attached hydrogen (secondary N) is 1. The molecular weight excluding hydrogens is 344 g/mol. The molecule has 0 saturated carbocycles. The summed E-state index contributed by atoms with van der Waals surface area (Å²) in [6.45, 7) is 6.23. The van der Waals surface area contributed by atoms with Gasteiger partial charge in [0.15, 0.2) is 0 Å². The number of rotatable bonds is 2. The number of anilines is 1. The highest BCUT2D eigenvalue weighted by Gasteiger charge is 2.38. The summed E-state index contributed by atoms with van der Waals surface area (Å²) in [6, 6.07) is 4.03. The van der Waals surface area contributed by atoms with Crippen molar-refractivity contribution in [3.63, 3.8) is 0 Å². The first-order valence-electron chi connectivity index (χ1n) is 7.99. The first kappa shape index (κ1) is 15.7. The minimum atomic E-state index is -0.365. The maximum atomic E-state index is 12.8. The first-order chi connectivity index (χ1) is 10.6. The topological polar surface area (TPSA) is 48.5 Å². The molecule has 1 atom stereocenters. The number of pyridine rings is 1. The number of piperidine rings is 1. The molecule has 1 aromatic rings. The Morgan fingerprint density at radius 2 is 2.05 bits per heavy atom. The summed E-state index contributed by atoms with van der Waals surface area (Å²) >= 11 is 3.41. The lowest BCUT2D eigenvalue weighted by atomic mass is 9.89. The number of carbonyl (C=O) groups is 1. The van der Waals surface area contributed by atoms with Gasteiger partial charge in [-0.3, -0.25) is 4.79 Å². The first-order valence-corrected chi connectivity index (χ1v) is 8.79. The predicted octanol–water partition coefficient (Wildman–Crippen LogP) is 2.02. The molecule has 0 radical (unpaired) electrons. The van der Waals surface area contributed by atoms with Crippen molar-refractivity contribution in [3.05, 3.63) is 22.8 Å². The van der Waals surface area contributed by atoms with Crippen LogP contribution >= 0.6 is 15.9 Å². The fourth-order valence-corrected chi connectivity index (χ4v) is 3.52. The molecule has 0 bridgehead atoms.